The molecular weight excluding hydrogens is 693 g/mol. The fourth-order valence-corrected chi connectivity index (χ4v) is 7.16. The van der Waals surface area contributed by atoms with Gasteiger partial charge in [-0.1, -0.05) is 29.3 Å². The number of imidazole rings is 1. The summed E-state index contributed by atoms with van der Waals surface area (Å²) >= 11 is 12.8. The van der Waals surface area contributed by atoms with Crippen molar-refractivity contribution in [3.8, 4) is 11.4 Å². The molecule has 3 aromatic carbocycles. The fraction of sp³-hybridized carbons (Fsp3) is 0.378. The molecule has 2 aliphatic rings. The molecule has 0 amide bonds. The third kappa shape index (κ3) is 7.38. The zero-order valence-electron chi connectivity index (χ0n) is 28.7. The molecule has 14 heteroatoms. The van der Waals surface area contributed by atoms with Gasteiger partial charge in [-0.05, 0) is 81.4 Å². The van der Waals surface area contributed by atoms with Gasteiger partial charge in [-0.3, -0.25) is 0 Å². The molecule has 2 unspecified atom stereocenters. The number of aliphatic hydroxyl groups excluding tert-OH is 1. The standard InChI is InChI=1S/C37H41Cl2N7O5/c1-25(26(2)47)46-36(48)45(27(3)41-46)31-7-5-29(6-8-31)43-16-18-44(19-17-43)30-9-11-32(12-10-30)49-21-33-22-50-37(51-33,23-42-15-14-40-24-42)34-13-4-28(38)20-35(34)39/h4-15,20,24-26,33,47H,16-19,21-23H2,1-3H3/t25?,26?,33-,37-/m1/s1. The van der Waals surface area contributed by atoms with Gasteiger partial charge in [0.2, 0.25) is 5.79 Å². The topological polar surface area (TPSA) is 112 Å². The van der Waals surface area contributed by atoms with Gasteiger partial charge in [0, 0.05) is 60.5 Å². The van der Waals surface area contributed by atoms with Gasteiger partial charge in [0.15, 0.2) is 0 Å². The lowest BCUT2D eigenvalue weighted by atomic mass is 10.1. The number of halogens is 2. The summed E-state index contributed by atoms with van der Waals surface area (Å²) in [4.78, 5) is 21.9. The van der Waals surface area contributed by atoms with Crippen molar-refractivity contribution in [1.82, 2.24) is 23.9 Å². The first kappa shape index (κ1) is 35.1. The number of aliphatic hydroxyl groups is 1. The molecular formula is C37H41Cl2N7O5. The lowest BCUT2D eigenvalue weighted by Crippen LogP contribution is -2.46. The van der Waals surface area contributed by atoms with Crippen LogP contribution in [0.2, 0.25) is 10.0 Å². The van der Waals surface area contributed by atoms with Crippen LogP contribution >= 0.6 is 23.2 Å². The number of anilines is 2. The first-order chi connectivity index (χ1) is 24.6. The predicted molar refractivity (Wildman–Crippen MR) is 197 cm³/mol. The van der Waals surface area contributed by atoms with Crippen LogP contribution in [0.1, 0.15) is 31.3 Å². The molecule has 2 fully saturated rings. The Morgan fingerprint density at radius 2 is 1.61 bits per heavy atom. The number of nitrogens with zero attached hydrogens (tertiary/aromatic N) is 7. The summed E-state index contributed by atoms with van der Waals surface area (Å²) in [6.07, 6.45) is 4.28. The number of hydrogen-bond acceptors (Lipinski definition) is 9. The Morgan fingerprint density at radius 3 is 2.22 bits per heavy atom. The summed E-state index contributed by atoms with van der Waals surface area (Å²) < 4.78 is 23.8. The molecule has 4 atom stereocenters. The molecule has 4 heterocycles. The Hall–Kier alpha value is -4.33. The van der Waals surface area contributed by atoms with Gasteiger partial charge in [-0.2, -0.15) is 5.10 Å². The Labute approximate surface area is 306 Å². The summed E-state index contributed by atoms with van der Waals surface area (Å²) in [7, 11) is 0. The Kier molecular flexibility index (Phi) is 10.1. The molecule has 51 heavy (non-hydrogen) atoms. The minimum atomic E-state index is -1.11. The van der Waals surface area contributed by atoms with E-state index in [0.717, 1.165) is 49.0 Å². The quantitative estimate of drug-likeness (QED) is 0.189. The van der Waals surface area contributed by atoms with Gasteiger partial charge in [0.05, 0.1) is 42.3 Å². The van der Waals surface area contributed by atoms with Crippen molar-refractivity contribution in [1.29, 1.82) is 0 Å². The normalized spacial score (nSPS) is 20.5. The highest BCUT2D eigenvalue weighted by molar-refractivity contribution is 6.35. The average molecular weight is 735 g/mol. The van der Waals surface area contributed by atoms with Crippen LogP contribution in [-0.2, 0) is 21.8 Å². The highest BCUT2D eigenvalue weighted by Gasteiger charge is 2.45. The van der Waals surface area contributed by atoms with E-state index in [1.54, 1.807) is 50.0 Å². The lowest BCUT2D eigenvalue weighted by Gasteiger charge is -2.37. The summed E-state index contributed by atoms with van der Waals surface area (Å²) in [6.45, 7) is 9.71. The molecule has 0 radical (unpaired) electrons. The van der Waals surface area contributed by atoms with E-state index in [1.807, 2.05) is 53.2 Å². The average Bonchev–Trinajstić information content (AvgIpc) is 3.87. The molecule has 12 nitrogen and oxygen atoms in total. The van der Waals surface area contributed by atoms with Crippen LogP contribution in [0.5, 0.6) is 5.75 Å². The monoisotopic (exact) mass is 733 g/mol. The number of aromatic nitrogens is 5. The molecule has 0 bridgehead atoms. The van der Waals surface area contributed by atoms with Crippen molar-refractivity contribution < 1.29 is 19.3 Å². The van der Waals surface area contributed by atoms with Crippen LogP contribution in [0, 0.1) is 6.92 Å². The van der Waals surface area contributed by atoms with Crippen LogP contribution in [0.25, 0.3) is 5.69 Å². The number of piperazine rings is 1. The van der Waals surface area contributed by atoms with E-state index in [1.165, 1.54) is 4.68 Å². The van der Waals surface area contributed by atoms with Crippen LogP contribution in [-0.4, -0.2) is 80.6 Å². The second-order valence-electron chi connectivity index (χ2n) is 13.0. The van der Waals surface area contributed by atoms with Gasteiger partial charge in [-0.25, -0.2) is 19.0 Å². The van der Waals surface area contributed by atoms with E-state index >= 15 is 0 Å². The van der Waals surface area contributed by atoms with E-state index in [2.05, 4.69) is 32.0 Å². The molecule has 0 spiro atoms. The predicted octanol–water partition coefficient (Wildman–Crippen LogP) is 5.46. The van der Waals surface area contributed by atoms with Crippen molar-refractivity contribution in [2.24, 2.45) is 0 Å². The lowest BCUT2D eigenvalue weighted by molar-refractivity contribution is -0.189. The minimum Gasteiger partial charge on any atom is -0.491 e. The molecule has 0 saturated carbocycles. The number of ether oxygens (including phenoxy) is 3. The second kappa shape index (κ2) is 14.7. The molecule has 2 aliphatic heterocycles. The zero-order valence-corrected chi connectivity index (χ0v) is 30.2. The summed E-state index contributed by atoms with van der Waals surface area (Å²) in [5.74, 6) is 0.221. The largest absolute Gasteiger partial charge is 0.491 e. The maximum absolute atomic E-state index is 13.1. The molecule has 7 rings (SSSR count). The molecule has 2 saturated heterocycles. The molecule has 0 aliphatic carbocycles. The zero-order chi connectivity index (χ0) is 35.7. The first-order valence-electron chi connectivity index (χ1n) is 17.0. The number of benzene rings is 3. The van der Waals surface area contributed by atoms with Crippen molar-refractivity contribution in [3.63, 3.8) is 0 Å². The van der Waals surface area contributed by atoms with Crippen LogP contribution in [0.3, 0.4) is 0 Å². The SMILES string of the molecule is Cc1nn(C(C)C(C)O)c(=O)n1-c1ccc(N2CCN(c3ccc(OC[C@@H]4CO[C@@](Cn5ccnc5)(c5ccc(Cl)cc5Cl)O4)cc3)CC2)cc1. The van der Waals surface area contributed by atoms with Crippen molar-refractivity contribution in [2.75, 3.05) is 49.2 Å². The van der Waals surface area contributed by atoms with E-state index in [-0.39, 0.29) is 11.8 Å². The van der Waals surface area contributed by atoms with Gasteiger partial charge in [0.1, 0.15) is 24.3 Å². The Morgan fingerprint density at radius 1 is 0.961 bits per heavy atom. The number of hydrogen-bond donors (Lipinski definition) is 1. The van der Waals surface area contributed by atoms with E-state index in [4.69, 9.17) is 37.4 Å². The van der Waals surface area contributed by atoms with Crippen LogP contribution in [0.15, 0.2) is 90.2 Å². The maximum atomic E-state index is 13.1. The summed E-state index contributed by atoms with van der Waals surface area (Å²) in [6, 6.07) is 21.0. The Balaban J connectivity index is 0.931. The molecule has 2 aromatic heterocycles. The van der Waals surface area contributed by atoms with Gasteiger partial charge < -0.3 is 33.7 Å². The van der Waals surface area contributed by atoms with Gasteiger partial charge >= 0.3 is 5.69 Å². The Bertz CT molecular complexity index is 1990. The van der Waals surface area contributed by atoms with E-state index < -0.39 is 17.9 Å². The fourth-order valence-electron chi connectivity index (χ4n) is 6.60. The van der Waals surface area contributed by atoms with Crippen LogP contribution in [0.4, 0.5) is 11.4 Å². The second-order valence-corrected chi connectivity index (χ2v) is 13.9. The highest BCUT2D eigenvalue weighted by atomic mass is 35.5. The minimum absolute atomic E-state index is 0.261. The number of aryl methyl sites for hydroxylation is 1. The maximum Gasteiger partial charge on any atom is 0.350 e. The van der Waals surface area contributed by atoms with E-state index in [9.17, 15) is 9.90 Å². The van der Waals surface area contributed by atoms with Crippen LogP contribution < -0.4 is 20.2 Å². The highest BCUT2D eigenvalue weighted by Crippen LogP contribution is 2.40. The third-order valence-electron chi connectivity index (χ3n) is 9.59. The van der Waals surface area contributed by atoms with Gasteiger partial charge in [-0.15, -0.1) is 0 Å². The number of rotatable bonds is 11. The molecule has 5 aromatic rings. The third-order valence-corrected chi connectivity index (χ3v) is 10.1. The van der Waals surface area contributed by atoms with Crippen molar-refractivity contribution in [3.05, 3.63) is 117 Å². The van der Waals surface area contributed by atoms with Gasteiger partial charge in [0.25, 0.3) is 0 Å². The summed E-state index contributed by atoms with van der Waals surface area (Å²) in [5.41, 5.74) is 3.42. The first-order valence-corrected chi connectivity index (χ1v) is 17.8. The van der Waals surface area contributed by atoms with Crippen molar-refractivity contribution >= 4 is 34.6 Å². The molecule has 1 N–H and O–H groups in total. The smallest absolute Gasteiger partial charge is 0.350 e. The summed E-state index contributed by atoms with van der Waals surface area (Å²) in [5, 5.41) is 15.4. The van der Waals surface area contributed by atoms with Crippen molar-refractivity contribution in [2.45, 2.75) is 51.4 Å². The van der Waals surface area contributed by atoms with E-state index in [0.29, 0.717) is 41.2 Å². The molecule has 268 valence electrons.